The van der Waals surface area contributed by atoms with Gasteiger partial charge in [0.25, 0.3) is 0 Å². The molecule has 0 saturated carbocycles. The van der Waals surface area contributed by atoms with E-state index in [-0.39, 0.29) is 0 Å². The van der Waals surface area contributed by atoms with Crippen LogP contribution in [-0.4, -0.2) is 43.4 Å². The molecule has 1 aromatic rings. The first kappa shape index (κ1) is 17.2. The molecule has 0 fully saturated rings. The van der Waals surface area contributed by atoms with Gasteiger partial charge in [-0.25, -0.2) is 3.11 Å². The number of hydrogen-bond acceptors (Lipinski definition) is 5. The molecular weight excluding hydrogens is 367 g/mol. The zero-order valence-electron chi connectivity index (χ0n) is 12.9. The third-order valence-corrected chi connectivity index (χ3v) is 3.43. The number of ether oxygens (including phenoxy) is 1. The highest BCUT2D eigenvalue weighted by atomic mass is 127. The molecule has 0 aliphatic carbocycles. The van der Waals surface area contributed by atoms with E-state index >= 15 is 0 Å². The van der Waals surface area contributed by atoms with E-state index in [4.69, 9.17) is 10.5 Å². The number of anilines is 3. The van der Waals surface area contributed by atoms with E-state index in [9.17, 15) is 0 Å². The van der Waals surface area contributed by atoms with Crippen LogP contribution < -0.4 is 20.7 Å². The highest BCUT2D eigenvalue weighted by Gasteiger charge is 2.13. The molecule has 0 unspecified atom stereocenters. The minimum Gasteiger partial charge on any atom is -0.495 e. The Hall–Kier alpha value is -0.890. The van der Waals surface area contributed by atoms with Gasteiger partial charge in [0.1, 0.15) is 5.75 Å². The second kappa shape index (κ2) is 7.78. The number of nitrogen functional groups attached to an aromatic ring is 1. The first-order chi connectivity index (χ1) is 9.35. The summed E-state index contributed by atoms with van der Waals surface area (Å²) in [6.07, 6.45) is 0. The SMILES string of the molecule is COc1cc(N(C)CCN(C)I)c(NC(C)C)cc1N. The molecule has 0 atom stereocenters. The molecule has 0 aliphatic heterocycles. The predicted molar refractivity (Wildman–Crippen MR) is 96.1 cm³/mol. The summed E-state index contributed by atoms with van der Waals surface area (Å²) in [4.78, 5) is 2.21. The van der Waals surface area contributed by atoms with E-state index in [2.05, 4.69) is 64.1 Å². The lowest BCUT2D eigenvalue weighted by molar-refractivity contribution is 0.417. The Morgan fingerprint density at radius 3 is 2.45 bits per heavy atom. The molecule has 3 N–H and O–H groups in total. The van der Waals surface area contributed by atoms with E-state index in [0.717, 1.165) is 24.5 Å². The molecule has 20 heavy (non-hydrogen) atoms. The third-order valence-electron chi connectivity index (χ3n) is 2.95. The van der Waals surface area contributed by atoms with Crippen LogP contribution in [0.3, 0.4) is 0 Å². The van der Waals surface area contributed by atoms with Crippen molar-refractivity contribution in [1.82, 2.24) is 3.11 Å². The van der Waals surface area contributed by atoms with Crippen LogP contribution in [0.2, 0.25) is 0 Å². The first-order valence-corrected chi connectivity index (χ1v) is 7.63. The topological polar surface area (TPSA) is 53.8 Å². The van der Waals surface area contributed by atoms with Gasteiger partial charge in [0.2, 0.25) is 0 Å². The maximum absolute atomic E-state index is 6.01. The highest BCUT2D eigenvalue weighted by Crippen LogP contribution is 2.35. The molecule has 0 amide bonds. The van der Waals surface area contributed by atoms with Crippen molar-refractivity contribution < 1.29 is 4.74 Å². The van der Waals surface area contributed by atoms with Crippen molar-refractivity contribution in [1.29, 1.82) is 0 Å². The van der Waals surface area contributed by atoms with Gasteiger partial charge in [-0.2, -0.15) is 0 Å². The zero-order chi connectivity index (χ0) is 15.3. The van der Waals surface area contributed by atoms with Crippen molar-refractivity contribution in [3.8, 4) is 5.75 Å². The minimum atomic E-state index is 0.349. The Bertz CT molecular complexity index is 437. The molecular formula is C14H25IN4O. The molecule has 0 aromatic heterocycles. The maximum atomic E-state index is 6.01. The number of methoxy groups -OCH3 is 1. The van der Waals surface area contributed by atoms with Gasteiger partial charge in [0.05, 0.1) is 24.2 Å². The lowest BCUT2D eigenvalue weighted by Crippen LogP contribution is -2.27. The largest absolute Gasteiger partial charge is 0.495 e. The third kappa shape index (κ3) is 4.90. The molecule has 5 nitrogen and oxygen atoms in total. The number of likely N-dealkylation sites (N-methyl/N-ethyl adjacent to an activating group) is 2. The van der Waals surface area contributed by atoms with Gasteiger partial charge in [0, 0.05) is 55.1 Å². The Labute approximate surface area is 135 Å². The van der Waals surface area contributed by atoms with E-state index < -0.39 is 0 Å². The number of hydrogen-bond donors (Lipinski definition) is 2. The fourth-order valence-electron chi connectivity index (χ4n) is 1.91. The van der Waals surface area contributed by atoms with E-state index in [0.29, 0.717) is 17.5 Å². The van der Waals surface area contributed by atoms with Crippen LogP contribution in [-0.2, 0) is 0 Å². The number of nitrogens with one attached hydrogen (secondary N) is 1. The van der Waals surface area contributed by atoms with Gasteiger partial charge in [0.15, 0.2) is 0 Å². The van der Waals surface area contributed by atoms with Crippen molar-refractivity contribution >= 4 is 39.9 Å². The maximum Gasteiger partial charge on any atom is 0.143 e. The second-order valence-corrected chi connectivity index (χ2v) is 6.81. The zero-order valence-corrected chi connectivity index (χ0v) is 15.1. The molecule has 0 heterocycles. The van der Waals surface area contributed by atoms with Crippen molar-refractivity contribution in [3.63, 3.8) is 0 Å². The fraction of sp³-hybridized carbons (Fsp3) is 0.571. The van der Waals surface area contributed by atoms with Gasteiger partial charge in [-0.1, -0.05) is 0 Å². The van der Waals surface area contributed by atoms with Crippen molar-refractivity contribution in [2.24, 2.45) is 0 Å². The summed E-state index contributed by atoms with van der Waals surface area (Å²) in [5.74, 6) is 0.712. The van der Waals surface area contributed by atoms with Crippen LogP contribution in [0.15, 0.2) is 12.1 Å². The van der Waals surface area contributed by atoms with E-state index in [1.54, 1.807) is 7.11 Å². The van der Waals surface area contributed by atoms with Crippen LogP contribution >= 0.6 is 22.9 Å². The Morgan fingerprint density at radius 2 is 1.95 bits per heavy atom. The average Bonchev–Trinajstić information content (AvgIpc) is 2.35. The summed E-state index contributed by atoms with van der Waals surface area (Å²) in [5.41, 5.74) is 8.80. The molecule has 0 saturated heterocycles. The van der Waals surface area contributed by atoms with Gasteiger partial charge < -0.3 is 20.7 Å². The highest BCUT2D eigenvalue weighted by molar-refractivity contribution is 14.1. The van der Waals surface area contributed by atoms with Gasteiger partial charge >= 0.3 is 0 Å². The molecule has 1 aromatic carbocycles. The normalized spacial score (nSPS) is 11.0. The number of benzene rings is 1. The monoisotopic (exact) mass is 392 g/mol. The average molecular weight is 392 g/mol. The molecule has 114 valence electrons. The van der Waals surface area contributed by atoms with Crippen molar-refractivity contribution in [2.75, 3.05) is 50.2 Å². The molecule has 0 spiro atoms. The van der Waals surface area contributed by atoms with E-state index in [1.165, 1.54) is 0 Å². The summed E-state index contributed by atoms with van der Waals surface area (Å²) in [5, 5.41) is 3.44. The standard InChI is InChI=1S/C14H25IN4O/c1-10(2)17-12-8-11(16)14(20-5)9-13(12)18(3)6-7-19(4)15/h8-10,17H,6-7,16H2,1-5H3. The van der Waals surface area contributed by atoms with Crippen LogP contribution in [0.1, 0.15) is 13.8 Å². The lowest BCUT2D eigenvalue weighted by atomic mass is 10.2. The number of nitrogens with two attached hydrogens (primary N) is 1. The second-order valence-electron chi connectivity index (χ2n) is 5.16. The Kier molecular flexibility index (Phi) is 6.67. The number of halogens is 1. The number of rotatable bonds is 7. The van der Waals surface area contributed by atoms with Crippen LogP contribution in [0, 0.1) is 0 Å². The first-order valence-electron chi connectivity index (χ1n) is 6.67. The Morgan fingerprint density at radius 1 is 1.30 bits per heavy atom. The molecule has 0 bridgehead atoms. The quantitative estimate of drug-likeness (QED) is 0.425. The van der Waals surface area contributed by atoms with Crippen molar-refractivity contribution in [2.45, 2.75) is 19.9 Å². The van der Waals surface area contributed by atoms with Gasteiger partial charge in [-0.3, -0.25) is 0 Å². The minimum absolute atomic E-state index is 0.349. The van der Waals surface area contributed by atoms with Gasteiger partial charge in [-0.15, -0.1) is 0 Å². The summed E-state index contributed by atoms with van der Waals surface area (Å²) in [7, 11) is 5.78. The molecule has 6 heteroatoms. The predicted octanol–water partition coefficient (Wildman–Crippen LogP) is 2.82. The summed E-state index contributed by atoms with van der Waals surface area (Å²) >= 11 is 2.29. The fourth-order valence-corrected chi connectivity index (χ4v) is 2.13. The Balaban J connectivity index is 3.05. The van der Waals surface area contributed by atoms with Gasteiger partial charge in [-0.05, 0) is 27.0 Å². The van der Waals surface area contributed by atoms with Crippen molar-refractivity contribution in [3.05, 3.63) is 12.1 Å². The molecule has 0 radical (unpaired) electrons. The molecule has 0 aliphatic rings. The summed E-state index contributed by atoms with van der Waals surface area (Å²) in [6, 6.07) is 4.29. The summed E-state index contributed by atoms with van der Waals surface area (Å²) < 4.78 is 7.47. The molecule has 1 rings (SSSR count). The smallest absolute Gasteiger partial charge is 0.143 e. The van der Waals surface area contributed by atoms with E-state index in [1.807, 2.05) is 12.1 Å². The summed E-state index contributed by atoms with van der Waals surface area (Å²) in [6.45, 7) is 6.13. The number of nitrogens with zero attached hydrogens (tertiary/aromatic N) is 2. The van der Waals surface area contributed by atoms with Crippen LogP contribution in [0.25, 0.3) is 0 Å². The lowest BCUT2D eigenvalue weighted by Gasteiger charge is -2.26. The van der Waals surface area contributed by atoms with Crippen LogP contribution in [0.4, 0.5) is 17.1 Å². The van der Waals surface area contributed by atoms with Crippen LogP contribution in [0.5, 0.6) is 5.75 Å².